The number of hydrogen-bond donors (Lipinski definition) is 1. The van der Waals surface area contributed by atoms with E-state index in [1.54, 1.807) is 0 Å². The second-order valence-corrected chi connectivity index (χ2v) is 6.03. The number of carbonyl (C=O) groups is 1. The van der Waals surface area contributed by atoms with Crippen LogP contribution >= 0.6 is 11.8 Å². The fraction of sp³-hybridized carbons (Fsp3) is 0.333. The van der Waals surface area contributed by atoms with Crippen molar-refractivity contribution in [3.63, 3.8) is 0 Å². The van der Waals surface area contributed by atoms with Gasteiger partial charge in [0.25, 0.3) is 0 Å². The molecule has 0 saturated carbocycles. The molecule has 0 atom stereocenters. The third-order valence-corrected chi connectivity index (χ3v) is 4.28. The van der Waals surface area contributed by atoms with Gasteiger partial charge in [-0.25, -0.2) is 4.79 Å². The minimum absolute atomic E-state index is 0.0343. The summed E-state index contributed by atoms with van der Waals surface area (Å²) >= 11 is 1.88. The number of aromatic nitrogens is 1. The molecular weight excluding hydrogens is 286 g/mol. The van der Waals surface area contributed by atoms with Crippen LogP contribution in [0, 0.1) is 0 Å². The van der Waals surface area contributed by atoms with Crippen molar-refractivity contribution in [2.75, 3.05) is 24.6 Å². The van der Waals surface area contributed by atoms with Crippen molar-refractivity contribution in [1.82, 2.24) is 15.4 Å². The van der Waals surface area contributed by atoms with Crippen molar-refractivity contribution in [2.45, 2.75) is 6.54 Å². The number of urea groups is 1. The third kappa shape index (κ3) is 3.58. The molecule has 5 nitrogen and oxygen atoms in total. The molecule has 0 aliphatic carbocycles. The van der Waals surface area contributed by atoms with Gasteiger partial charge in [0, 0.05) is 36.2 Å². The predicted molar refractivity (Wildman–Crippen MR) is 83.1 cm³/mol. The maximum atomic E-state index is 12.0. The molecule has 0 unspecified atom stereocenters. The van der Waals surface area contributed by atoms with Crippen molar-refractivity contribution in [3.05, 3.63) is 42.2 Å². The molecule has 1 N–H and O–H groups in total. The van der Waals surface area contributed by atoms with Crippen molar-refractivity contribution in [1.29, 1.82) is 0 Å². The number of carbonyl (C=O) groups excluding carboxylic acids is 1. The van der Waals surface area contributed by atoms with Crippen LogP contribution in [0.15, 0.2) is 40.9 Å². The molecule has 1 aromatic carbocycles. The van der Waals surface area contributed by atoms with Crippen LogP contribution in [0.1, 0.15) is 5.76 Å². The summed E-state index contributed by atoms with van der Waals surface area (Å²) in [7, 11) is 0. The Hall–Kier alpha value is -1.95. The highest BCUT2D eigenvalue weighted by atomic mass is 32.2. The molecule has 1 saturated heterocycles. The third-order valence-electron chi connectivity index (χ3n) is 3.34. The summed E-state index contributed by atoms with van der Waals surface area (Å²) in [6, 6.07) is 11.7. The van der Waals surface area contributed by atoms with E-state index >= 15 is 0 Å². The van der Waals surface area contributed by atoms with Crippen LogP contribution in [0.2, 0.25) is 0 Å². The first-order valence-corrected chi connectivity index (χ1v) is 8.10. The minimum atomic E-state index is -0.0343. The summed E-state index contributed by atoms with van der Waals surface area (Å²) in [5.41, 5.74) is 1.79. The number of nitrogens with one attached hydrogen (secondary N) is 1. The zero-order valence-corrected chi connectivity index (χ0v) is 12.4. The van der Waals surface area contributed by atoms with E-state index < -0.39 is 0 Å². The van der Waals surface area contributed by atoms with E-state index in [4.69, 9.17) is 4.52 Å². The summed E-state index contributed by atoms with van der Waals surface area (Å²) in [6.45, 7) is 1.98. The number of thioether (sulfide) groups is 1. The number of hydrogen-bond acceptors (Lipinski definition) is 4. The summed E-state index contributed by atoms with van der Waals surface area (Å²) in [5.74, 6) is 2.68. The normalized spacial score (nSPS) is 15.0. The van der Waals surface area contributed by atoms with E-state index in [0.29, 0.717) is 12.3 Å². The molecular formula is C15H17N3O2S. The SMILES string of the molecule is O=C(NCc1cc(-c2ccccc2)no1)N1CCSCC1. The highest BCUT2D eigenvalue weighted by Crippen LogP contribution is 2.18. The molecule has 2 aromatic rings. The van der Waals surface area contributed by atoms with E-state index in [1.165, 1.54) is 0 Å². The summed E-state index contributed by atoms with van der Waals surface area (Å²) in [5, 5.41) is 6.91. The van der Waals surface area contributed by atoms with Gasteiger partial charge in [-0.3, -0.25) is 0 Å². The van der Waals surface area contributed by atoms with Gasteiger partial charge in [0.15, 0.2) is 5.76 Å². The van der Waals surface area contributed by atoms with Gasteiger partial charge in [-0.1, -0.05) is 35.5 Å². The topological polar surface area (TPSA) is 58.4 Å². The number of nitrogens with zero attached hydrogens (tertiary/aromatic N) is 2. The Kier molecular flexibility index (Phi) is 4.45. The van der Waals surface area contributed by atoms with Crippen LogP contribution < -0.4 is 5.32 Å². The van der Waals surface area contributed by atoms with Gasteiger partial charge in [-0.15, -0.1) is 0 Å². The van der Waals surface area contributed by atoms with Crippen LogP contribution in [0.5, 0.6) is 0 Å². The van der Waals surface area contributed by atoms with Gasteiger partial charge >= 0.3 is 6.03 Å². The lowest BCUT2D eigenvalue weighted by Gasteiger charge is -2.26. The Morgan fingerprint density at radius 3 is 2.81 bits per heavy atom. The molecule has 1 aliphatic heterocycles. The smallest absolute Gasteiger partial charge is 0.317 e. The maximum absolute atomic E-state index is 12.0. The summed E-state index contributed by atoms with van der Waals surface area (Å²) in [4.78, 5) is 13.8. The quantitative estimate of drug-likeness (QED) is 0.947. The molecule has 2 amide bonds. The fourth-order valence-corrected chi connectivity index (χ4v) is 3.09. The Bertz CT molecular complexity index is 594. The largest absolute Gasteiger partial charge is 0.359 e. The fourth-order valence-electron chi connectivity index (χ4n) is 2.18. The van der Waals surface area contributed by atoms with E-state index in [0.717, 1.165) is 35.9 Å². The lowest BCUT2D eigenvalue weighted by molar-refractivity contribution is 0.201. The van der Waals surface area contributed by atoms with Crippen LogP contribution in [0.25, 0.3) is 11.3 Å². The van der Waals surface area contributed by atoms with Crippen LogP contribution in [0.4, 0.5) is 4.79 Å². The van der Waals surface area contributed by atoms with Crippen molar-refractivity contribution in [3.8, 4) is 11.3 Å². The molecule has 110 valence electrons. The van der Waals surface area contributed by atoms with Crippen LogP contribution in [0.3, 0.4) is 0 Å². The van der Waals surface area contributed by atoms with Gasteiger partial charge in [0.1, 0.15) is 5.69 Å². The Balaban J connectivity index is 1.56. The maximum Gasteiger partial charge on any atom is 0.317 e. The first kappa shape index (κ1) is 14.0. The van der Waals surface area contributed by atoms with Gasteiger partial charge in [-0.2, -0.15) is 11.8 Å². The van der Waals surface area contributed by atoms with E-state index in [-0.39, 0.29) is 6.03 Å². The molecule has 2 heterocycles. The standard InChI is InChI=1S/C15H17N3O2S/c19-15(18-6-8-21-9-7-18)16-11-13-10-14(17-20-13)12-4-2-1-3-5-12/h1-5,10H,6-9,11H2,(H,16,19). The highest BCUT2D eigenvalue weighted by Gasteiger charge is 2.16. The predicted octanol–water partition coefficient (Wildman–Crippen LogP) is 2.60. The summed E-state index contributed by atoms with van der Waals surface area (Å²) < 4.78 is 5.27. The number of amides is 2. The summed E-state index contributed by atoms with van der Waals surface area (Å²) in [6.07, 6.45) is 0. The zero-order valence-electron chi connectivity index (χ0n) is 11.6. The van der Waals surface area contributed by atoms with Gasteiger partial charge < -0.3 is 14.7 Å². The van der Waals surface area contributed by atoms with Crippen molar-refractivity contribution >= 4 is 17.8 Å². The highest BCUT2D eigenvalue weighted by molar-refractivity contribution is 7.99. The second kappa shape index (κ2) is 6.67. The minimum Gasteiger partial charge on any atom is -0.359 e. The number of rotatable bonds is 3. The van der Waals surface area contributed by atoms with E-state index in [2.05, 4.69) is 10.5 Å². The average Bonchev–Trinajstić information content (AvgIpc) is 3.03. The average molecular weight is 303 g/mol. The monoisotopic (exact) mass is 303 g/mol. The van der Waals surface area contributed by atoms with E-state index in [1.807, 2.05) is 53.1 Å². The van der Waals surface area contributed by atoms with E-state index in [9.17, 15) is 4.79 Å². The molecule has 0 radical (unpaired) electrons. The number of benzene rings is 1. The molecule has 1 fully saturated rings. The molecule has 0 bridgehead atoms. The molecule has 3 rings (SSSR count). The first-order valence-electron chi connectivity index (χ1n) is 6.94. The van der Waals surface area contributed by atoms with Gasteiger partial charge in [0.2, 0.25) is 0 Å². The molecule has 1 aliphatic rings. The molecule has 6 heteroatoms. The van der Waals surface area contributed by atoms with Gasteiger partial charge in [-0.05, 0) is 0 Å². The lowest BCUT2D eigenvalue weighted by Crippen LogP contribution is -2.44. The van der Waals surface area contributed by atoms with Crippen LogP contribution in [-0.4, -0.2) is 40.7 Å². The molecule has 21 heavy (non-hydrogen) atoms. The molecule has 0 spiro atoms. The van der Waals surface area contributed by atoms with Crippen molar-refractivity contribution < 1.29 is 9.32 Å². The Labute approximate surface area is 127 Å². The first-order chi connectivity index (χ1) is 10.3. The van der Waals surface area contributed by atoms with Gasteiger partial charge in [0.05, 0.1) is 6.54 Å². The Morgan fingerprint density at radius 1 is 1.29 bits per heavy atom. The van der Waals surface area contributed by atoms with Crippen molar-refractivity contribution in [2.24, 2.45) is 0 Å². The molecule has 1 aromatic heterocycles. The van der Waals surface area contributed by atoms with Crippen LogP contribution in [-0.2, 0) is 6.54 Å². The lowest BCUT2D eigenvalue weighted by atomic mass is 10.1. The Morgan fingerprint density at radius 2 is 2.05 bits per heavy atom. The second-order valence-electron chi connectivity index (χ2n) is 4.80. The zero-order chi connectivity index (χ0) is 14.5.